The third kappa shape index (κ3) is 3.28. The van der Waals surface area contributed by atoms with E-state index in [-0.39, 0.29) is 5.92 Å². The topological polar surface area (TPSA) is 41.5 Å². The normalized spacial score (nSPS) is 21.4. The number of hydrogen-bond donors (Lipinski definition) is 2. The summed E-state index contributed by atoms with van der Waals surface area (Å²) >= 11 is 0. The number of hydrogen-bond acceptors (Lipinski definition) is 3. The molecule has 1 aliphatic heterocycles. The summed E-state index contributed by atoms with van der Waals surface area (Å²) in [4.78, 5) is 0. The molecule has 3 nitrogen and oxygen atoms in total. The lowest BCUT2D eigenvalue weighted by Crippen LogP contribution is -2.33. The molecule has 0 aliphatic carbocycles. The molecule has 0 spiro atoms. The van der Waals surface area contributed by atoms with Crippen molar-refractivity contribution in [3.63, 3.8) is 0 Å². The summed E-state index contributed by atoms with van der Waals surface area (Å²) in [6, 6.07) is 6.18. The van der Waals surface area contributed by atoms with E-state index in [4.69, 9.17) is 4.74 Å². The van der Waals surface area contributed by atoms with Gasteiger partial charge in [-0.3, -0.25) is 0 Å². The summed E-state index contributed by atoms with van der Waals surface area (Å²) in [5.74, 6) is 1.56. The van der Waals surface area contributed by atoms with Crippen LogP contribution in [0.1, 0.15) is 49.8 Å². The molecule has 0 saturated carbocycles. The standard InChI is InChI=1S/C16H25NO2/c1-11(2)12-6-7-14(15(9-12)19-3)16(18)13-5-4-8-17-10-13/h6-7,9,11,13,16-18H,4-5,8,10H2,1-3H3. The largest absolute Gasteiger partial charge is 0.496 e. The molecule has 1 saturated heterocycles. The number of methoxy groups -OCH3 is 1. The van der Waals surface area contributed by atoms with E-state index in [2.05, 4.69) is 31.3 Å². The Balaban J connectivity index is 2.22. The van der Waals surface area contributed by atoms with Gasteiger partial charge >= 0.3 is 0 Å². The van der Waals surface area contributed by atoms with Crippen LogP contribution < -0.4 is 10.1 Å². The predicted molar refractivity (Wildman–Crippen MR) is 77.6 cm³/mol. The number of ether oxygens (including phenoxy) is 1. The molecule has 19 heavy (non-hydrogen) atoms. The second kappa shape index (κ2) is 6.40. The van der Waals surface area contributed by atoms with Crippen molar-refractivity contribution in [2.45, 2.75) is 38.7 Å². The van der Waals surface area contributed by atoms with Gasteiger partial charge in [0.25, 0.3) is 0 Å². The average molecular weight is 263 g/mol. The van der Waals surface area contributed by atoms with Crippen LogP contribution in [0.3, 0.4) is 0 Å². The summed E-state index contributed by atoms with van der Waals surface area (Å²) in [6.07, 6.45) is 1.76. The smallest absolute Gasteiger partial charge is 0.124 e. The highest BCUT2D eigenvalue weighted by molar-refractivity contribution is 5.40. The highest BCUT2D eigenvalue weighted by Crippen LogP contribution is 2.34. The van der Waals surface area contributed by atoms with E-state index in [1.807, 2.05) is 6.07 Å². The first kappa shape index (κ1) is 14.4. The molecule has 0 bridgehead atoms. The highest BCUT2D eigenvalue weighted by atomic mass is 16.5. The minimum Gasteiger partial charge on any atom is -0.496 e. The lowest BCUT2D eigenvalue weighted by Gasteiger charge is -2.28. The van der Waals surface area contributed by atoms with Gasteiger partial charge in [0.15, 0.2) is 0 Å². The summed E-state index contributed by atoms with van der Waals surface area (Å²) in [5.41, 5.74) is 2.16. The molecule has 3 heteroatoms. The highest BCUT2D eigenvalue weighted by Gasteiger charge is 2.25. The molecule has 0 aromatic heterocycles. The zero-order valence-electron chi connectivity index (χ0n) is 12.1. The average Bonchev–Trinajstić information content (AvgIpc) is 2.46. The van der Waals surface area contributed by atoms with Crippen molar-refractivity contribution in [1.29, 1.82) is 0 Å². The minimum atomic E-state index is -0.441. The zero-order chi connectivity index (χ0) is 13.8. The quantitative estimate of drug-likeness (QED) is 0.877. The van der Waals surface area contributed by atoms with Gasteiger partial charge in [-0.05, 0) is 36.9 Å². The van der Waals surface area contributed by atoms with Crippen molar-refractivity contribution in [2.75, 3.05) is 20.2 Å². The SMILES string of the molecule is COc1cc(C(C)C)ccc1C(O)C1CCCNC1. The third-order valence-electron chi connectivity index (χ3n) is 4.02. The van der Waals surface area contributed by atoms with Crippen molar-refractivity contribution in [3.05, 3.63) is 29.3 Å². The molecule has 1 heterocycles. The fourth-order valence-electron chi connectivity index (χ4n) is 2.73. The Morgan fingerprint density at radius 1 is 1.37 bits per heavy atom. The summed E-state index contributed by atoms with van der Waals surface area (Å²) in [5, 5.41) is 13.9. The van der Waals surface area contributed by atoms with Crippen molar-refractivity contribution in [2.24, 2.45) is 5.92 Å². The van der Waals surface area contributed by atoms with E-state index in [0.717, 1.165) is 37.2 Å². The summed E-state index contributed by atoms with van der Waals surface area (Å²) in [6.45, 7) is 6.27. The molecule has 1 aliphatic rings. The van der Waals surface area contributed by atoms with Crippen LogP contribution in [0.15, 0.2) is 18.2 Å². The Morgan fingerprint density at radius 3 is 2.74 bits per heavy atom. The fourth-order valence-corrected chi connectivity index (χ4v) is 2.73. The van der Waals surface area contributed by atoms with Crippen LogP contribution in [0.2, 0.25) is 0 Å². The Labute approximate surface area is 116 Å². The van der Waals surface area contributed by atoms with Crippen LogP contribution in [-0.4, -0.2) is 25.3 Å². The van der Waals surface area contributed by atoms with E-state index in [9.17, 15) is 5.11 Å². The monoisotopic (exact) mass is 263 g/mol. The number of aliphatic hydroxyl groups is 1. The van der Waals surface area contributed by atoms with Gasteiger partial charge in [0.05, 0.1) is 13.2 Å². The molecule has 2 N–H and O–H groups in total. The summed E-state index contributed by atoms with van der Waals surface area (Å²) < 4.78 is 5.47. The Hall–Kier alpha value is -1.06. The van der Waals surface area contributed by atoms with Crippen LogP contribution >= 0.6 is 0 Å². The van der Waals surface area contributed by atoms with Crippen LogP contribution in [0, 0.1) is 5.92 Å². The first-order valence-electron chi connectivity index (χ1n) is 7.20. The first-order chi connectivity index (χ1) is 9.13. The molecule has 1 aromatic carbocycles. The van der Waals surface area contributed by atoms with Crippen molar-refractivity contribution < 1.29 is 9.84 Å². The number of aliphatic hydroxyl groups excluding tert-OH is 1. The number of nitrogens with one attached hydrogen (secondary N) is 1. The molecular weight excluding hydrogens is 238 g/mol. The van der Waals surface area contributed by atoms with Crippen molar-refractivity contribution in [3.8, 4) is 5.75 Å². The van der Waals surface area contributed by atoms with Gasteiger partial charge in [-0.15, -0.1) is 0 Å². The zero-order valence-corrected chi connectivity index (χ0v) is 12.1. The van der Waals surface area contributed by atoms with E-state index >= 15 is 0 Å². The maximum absolute atomic E-state index is 10.6. The molecule has 2 rings (SSSR count). The minimum absolute atomic E-state index is 0.285. The number of benzene rings is 1. The number of piperidine rings is 1. The third-order valence-corrected chi connectivity index (χ3v) is 4.02. The maximum atomic E-state index is 10.6. The molecule has 2 atom stereocenters. The van der Waals surface area contributed by atoms with E-state index in [0.29, 0.717) is 5.92 Å². The van der Waals surface area contributed by atoms with Crippen LogP contribution in [0.25, 0.3) is 0 Å². The molecule has 1 aromatic rings. The second-order valence-electron chi connectivity index (χ2n) is 5.71. The Bertz CT molecular complexity index is 411. The predicted octanol–water partition coefficient (Wildman–Crippen LogP) is 2.85. The van der Waals surface area contributed by atoms with Gasteiger partial charge in [0, 0.05) is 18.0 Å². The first-order valence-corrected chi connectivity index (χ1v) is 7.20. The molecule has 1 fully saturated rings. The molecule has 106 valence electrons. The molecular formula is C16H25NO2. The van der Waals surface area contributed by atoms with Gasteiger partial charge < -0.3 is 15.2 Å². The lowest BCUT2D eigenvalue weighted by molar-refractivity contribution is 0.0896. The number of rotatable bonds is 4. The Morgan fingerprint density at radius 2 is 2.16 bits per heavy atom. The van der Waals surface area contributed by atoms with Crippen LogP contribution in [-0.2, 0) is 0 Å². The van der Waals surface area contributed by atoms with Gasteiger partial charge in [-0.25, -0.2) is 0 Å². The summed E-state index contributed by atoms with van der Waals surface area (Å²) in [7, 11) is 1.68. The van der Waals surface area contributed by atoms with Crippen LogP contribution in [0.5, 0.6) is 5.75 Å². The van der Waals surface area contributed by atoms with E-state index in [1.54, 1.807) is 7.11 Å². The Kier molecular flexibility index (Phi) is 4.83. The van der Waals surface area contributed by atoms with Gasteiger partial charge in [0.1, 0.15) is 5.75 Å². The van der Waals surface area contributed by atoms with Crippen molar-refractivity contribution >= 4 is 0 Å². The molecule has 0 radical (unpaired) electrons. The van der Waals surface area contributed by atoms with Crippen molar-refractivity contribution in [1.82, 2.24) is 5.32 Å². The molecule has 2 unspecified atom stereocenters. The lowest BCUT2D eigenvalue weighted by atomic mass is 9.88. The second-order valence-corrected chi connectivity index (χ2v) is 5.71. The van der Waals surface area contributed by atoms with E-state index < -0.39 is 6.10 Å². The fraction of sp³-hybridized carbons (Fsp3) is 0.625. The van der Waals surface area contributed by atoms with E-state index in [1.165, 1.54) is 5.56 Å². The van der Waals surface area contributed by atoms with Gasteiger partial charge in [-0.1, -0.05) is 26.0 Å². The van der Waals surface area contributed by atoms with Gasteiger partial charge in [0.2, 0.25) is 0 Å². The van der Waals surface area contributed by atoms with Crippen LogP contribution in [0.4, 0.5) is 0 Å². The molecule has 0 amide bonds. The van der Waals surface area contributed by atoms with Gasteiger partial charge in [-0.2, -0.15) is 0 Å². The maximum Gasteiger partial charge on any atom is 0.124 e.